The van der Waals surface area contributed by atoms with Crippen LogP contribution >= 0.6 is 12.4 Å². The quantitative estimate of drug-likeness (QED) is 0.872. The van der Waals surface area contributed by atoms with Crippen molar-refractivity contribution in [2.24, 2.45) is 13.0 Å². The van der Waals surface area contributed by atoms with Crippen LogP contribution in [-0.4, -0.2) is 34.8 Å². The molecule has 0 spiro atoms. The highest BCUT2D eigenvalue weighted by atomic mass is 35.5. The molecule has 1 aromatic rings. The third-order valence-electron chi connectivity index (χ3n) is 3.18. The molecule has 1 aliphatic heterocycles. The van der Waals surface area contributed by atoms with Crippen LogP contribution in [-0.2, 0) is 13.5 Å². The van der Waals surface area contributed by atoms with Crippen molar-refractivity contribution in [3.05, 3.63) is 17.5 Å². The van der Waals surface area contributed by atoms with Crippen LogP contribution in [0, 0.1) is 5.92 Å². The Morgan fingerprint density at radius 3 is 2.95 bits per heavy atom. The number of amides is 1. The molecule has 1 saturated heterocycles. The highest BCUT2D eigenvalue weighted by Crippen LogP contribution is 2.09. The maximum absolute atomic E-state index is 12.1. The average Bonchev–Trinajstić information content (AvgIpc) is 2.87. The molecule has 5 nitrogen and oxygen atoms in total. The summed E-state index contributed by atoms with van der Waals surface area (Å²) in [6, 6.07) is 2.15. The zero-order valence-electron chi connectivity index (χ0n) is 11.8. The third-order valence-corrected chi connectivity index (χ3v) is 3.18. The Morgan fingerprint density at radius 2 is 2.37 bits per heavy atom. The monoisotopic (exact) mass is 286 g/mol. The second-order valence-electron chi connectivity index (χ2n) is 5.41. The SMILES string of the molecule is CC(C)Cc1cc(C(=O)N[C@@H]2CCNC2)n(C)n1.Cl. The lowest BCUT2D eigenvalue weighted by molar-refractivity contribution is 0.0930. The molecule has 1 aromatic heterocycles. The molecule has 0 aliphatic carbocycles. The van der Waals surface area contributed by atoms with Gasteiger partial charge in [0.1, 0.15) is 5.69 Å². The molecule has 0 unspecified atom stereocenters. The minimum Gasteiger partial charge on any atom is -0.347 e. The fraction of sp³-hybridized carbons (Fsp3) is 0.692. The van der Waals surface area contributed by atoms with E-state index in [-0.39, 0.29) is 24.4 Å². The number of nitrogens with one attached hydrogen (secondary N) is 2. The second kappa shape index (κ2) is 6.91. The van der Waals surface area contributed by atoms with E-state index < -0.39 is 0 Å². The number of aryl methyl sites for hydroxylation is 1. The van der Waals surface area contributed by atoms with Gasteiger partial charge in [0.25, 0.3) is 5.91 Å². The lowest BCUT2D eigenvalue weighted by Crippen LogP contribution is -2.37. The number of aromatic nitrogens is 2. The summed E-state index contributed by atoms with van der Waals surface area (Å²) in [5.41, 5.74) is 1.64. The number of nitrogens with zero attached hydrogens (tertiary/aromatic N) is 2. The van der Waals surface area contributed by atoms with Gasteiger partial charge in [-0.15, -0.1) is 12.4 Å². The fourth-order valence-electron chi connectivity index (χ4n) is 2.29. The number of rotatable bonds is 4. The molecule has 0 saturated carbocycles. The van der Waals surface area contributed by atoms with Crippen LogP contribution in [0.1, 0.15) is 36.5 Å². The first-order chi connectivity index (χ1) is 8.56. The van der Waals surface area contributed by atoms with Crippen LogP contribution in [0.2, 0.25) is 0 Å². The zero-order valence-corrected chi connectivity index (χ0v) is 12.6. The van der Waals surface area contributed by atoms with Crippen molar-refractivity contribution in [1.29, 1.82) is 0 Å². The lowest BCUT2D eigenvalue weighted by Gasteiger charge is -2.10. The summed E-state index contributed by atoms with van der Waals surface area (Å²) >= 11 is 0. The summed E-state index contributed by atoms with van der Waals surface area (Å²) in [5.74, 6) is 0.531. The van der Waals surface area contributed by atoms with E-state index in [1.54, 1.807) is 4.68 Å². The smallest absolute Gasteiger partial charge is 0.269 e. The molecular weight excluding hydrogens is 264 g/mol. The standard InChI is InChI=1S/C13H22N4O.ClH/c1-9(2)6-11-7-12(17(3)16-11)13(18)15-10-4-5-14-8-10;/h7,9-10,14H,4-6,8H2,1-3H3,(H,15,18);1H/t10-;/m1./s1. The van der Waals surface area contributed by atoms with E-state index in [2.05, 4.69) is 29.6 Å². The number of hydrogen-bond donors (Lipinski definition) is 2. The summed E-state index contributed by atoms with van der Waals surface area (Å²) in [7, 11) is 1.83. The molecule has 2 heterocycles. The van der Waals surface area contributed by atoms with E-state index in [0.717, 1.165) is 31.6 Å². The summed E-state index contributed by atoms with van der Waals surface area (Å²) in [4.78, 5) is 12.1. The lowest BCUT2D eigenvalue weighted by atomic mass is 10.1. The van der Waals surface area contributed by atoms with Crippen LogP contribution in [0.4, 0.5) is 0 Å². The number of carbonyl (C=O) groups is 1. The topological polar surface area (TPSA) is 59.0 Å². The summed E-state index contributed by atoms with van der Waals surface area (Å²) < 4.78 is 1.68. The first-order valence-electron chi connectivity index (χ1n) is 6.60. The van der Waals surface area contributed by atoms with Gasteiger partial charge < -0.3 is 10.6 Å². The van der Waals surface area contributed by atoms with E-state index in [1.165, 1.54) is 0 Å². The Kier molecular flexibility index (Phi) is 5.82. The molecule has 0 bridgehead atoms. The Hall–Kier alpha value is -1.07. The molecule has 108 valence electrons. The minimum atomic E-state index is -0.0197. The first kappa shape index (κ1) is 16.0. The van der Waals surface area contributed by atoms with Crippen LogP contribution < -0.4 is 10.6 Å². The van der Waals surface area contributed by atoms with Gasteiger partial charge >= 0.3 is 0 Å². The Morgan fingerprint density at radius 1 is 1.63 bits per heavy atom. The van der Waals surface area contributed by atoms with Crippen LogP contribution in [0.15, 0.2) is 6.07 Å². The van der Waals surface area contributed by atoms with Gasteiger partial charge in [-0.05, 0) is 31.4 Å². The molecule has 6 heteroatoms. The number of hydrogen-bond acceptors (Lipinski definition) is 3. The van der Waals surface area contributed by atoms with Crippen molar-refractivity contribution in [2.45, 2.75) is 32.7 Å². The Balaban J connectivity index is 0.00000180. The Labute approximate surface area is 120 Å². The maximum atomic E-state index is 12.1. The molecule has 1 amide bonds. The van der Waals surface area contributed by atoms with Crippen molar-refractivity contribution < 1.29 is 4.79 Å². The van der Waals surface area contributed by atoms with Crippen molar-refractivity contribution in [1.82, 2.24) is 20.4 Å². The fourth-order valence-corrected chi connectivity index (χ4v) is 2.29. The molecular formula is C13H23ClN4O. The van der Waals surface area contributed by atoms with Crippen LogP contribution in [0.3, 0.4) is 0 Å². The molecule has 1 atom stereocenters. The van der Waals surface area contributed by atoms with Gasteiger partial charge in [0, 0.05) is 19.6 Å². The van der Waals surface area contributed by atoms with Crippen molar-refractivity contribution in [2.75, 3.05) is 13.1 Å². The Bertz CT molecular complexity index is 424. The minimum absolute atomic E-state index is 0. The molecule has 2 rings (SSSR count). The largest absolute Gasteiger partial charge is 0.347 e. The maximum Gasteiger partial charge on any atom is 0.269 e. The van der Waals surface area contributed by atoms with E-state index in [4.69, 9.17) is 0 Å². The average molecular weight is 287 g/mol. The number of halogens is 1. The van der Waals surface area contributed by atoms with E-state index >= 15 is 0 Å². The van der Waals surface area contributed by atoms with Crippen LogP contribution in [0.25, 0.3) is 0 Å². The summed E-state index contributed by atoms with van der Waals surface area (Å²) in [6.07, 6.45) is 1.91. The predicted molar refractivity (Wildman–Crippen MR) is 77.7 cm³/mol. The van der Waals surface area contributed by atoms with Gasteiger partial charge in [0.2, 0.25) is 0 Å². The van der Waals surface area contributed by atoms with Gasteiger partial charge in [0.05, 0.1) is 5.69 Å². The summed E-state index contributed by atoms with van der Waals surface area (Å²) in [5, 5.41) is 10.7. The molecule has 2 N–H and O–H groups in total. The van der Waals surface area contributed by atoms with Gasteiger partial charge in [-0.3, -0.25) is 9.48 Å². The van der Waals surface area contributed by atoms with E-state index in [0.29, 0.717) is 11.6 Å². The molecule has 1 aliphatic rings. The van der Waals surface area contributed by atoms with Gasteiger partial charge in [0.15, 0.2) is 0 Å². The molecule has 0 radical (unpaired) electrons. The van der Waals surface area contributed by atoms with Crippen molar-refractivity contribution in [3.63, 3.8) is 0 Å². The van der Waals surface area contributed by atoms with E-state index in [9.17, 15) is 4.79 Å². The number of carbonyl (C=O) groups excluding carboxylic acids is 1. The highest BCUT2D eigenvalue weighted by Gasteiger charge is 2.20. The van der Waals surface area contributed by atoms with Gasteiger partial charge in [-0.25, -0.2) is 0 Å². The molecule has 0 aromatic carbocycles. The summed E-state index contributed by atoms with van der Waals surface area (Å²) in [6.45, 7) is 6.15. The third kappa shape index (κ3) is 4.21. The van der Waals surface area contributed by atoms with E-state index in [1.807, 2.05) is 13.1 Å². The normalized spacial score (nSPS) is 18.4. The molecule has 1 fully saturated rings. The van der Waals surface area contributed by atoms with Crippen LogP contribution in [0.5, 0.6) is 0 Å². The highest BCUT2D eigenvalue weighted by molar-refractivity contribution is 5.92. The van der Waals surface area contributed by atoms with Gasteiger partial charge in [-0.2, -0.15) is 5.10 Å². The zero-order chi connectivity index (χ0) is 13.1. The van der Waals surface area contributed by atoms with Crippen molar-refractivity contribution >= 4 is 18.3 Å². The second-order valence-corrected chi connectivity index (χ2v) is 5.41. The predicted octanol–water partition coefficient (Wildman–Crippen LogP) is 1.13. The van der Waals surface area contributed by atoms with Crippen molar-refractivity contribution in [3.8, 4) is 0 Å². The van der Waals surface area contributed by atoms with Gasteiger partial charge in [-0.1, -0.05) is 13.8 Å². The molecule has 19 heavy (non-hydrogen) atoms. The first-order valence-corrected chi connectivity index (χ1v) is 6.60.